The molecule has 1 aliphatic rings. The summed E-state index contributed by atoms with van der Waals surface area (Å²) in [5, 5.41) is 7.23. The van der Waals surface area contributed by atoms with Crippen LogP contribution < -0.4 is 5.32 Å². The number of aromatic nitrogens is 2. The summed E-state index contributed by atoms with van der Waals surface area (Å²) in [6, 6.07) is 10.1. The lowest BCUT2D eigenvalue weighted by Gasteiger charge is -2.30. The third-order valence-corrected chi connectivity index (χ3v) is 4.73. The highest BCUT2D eigenvalue weighted by atomic mass is 16.2. The highest BCUT2D eigenvalue weighted by Crippen LogP contribution is 2.17. The molecule has 25 heavy (non-hydrogen) atoms. The summed E-state index contributed by atoms with van der Waals surface area (Å²) in [6.07, 6.45) is 5.97. The molecular weight excluding hydrogens is 316 g/mol. The molecular formula is C19H24N4O2. The monoisotopic (exact) mass is 340 g/mol. The molecule has 1 fully saturated rings. The van der Waals surface area contributed by atoms with Gasteiger partial charge in [-0.3, -0.25) is 9.59 Å². The molecule has 2 aromatic rings. The largest absolute Gasteiger partial charge is 0.356 e. The number of hydrogen-bond donors (Lipinski definition) is 1. The van der Waals surface area contributed by atoms with Gasteiger partial charge in [-0.05, 0) is 43.0 Å². The summed E-state index contributed by atoms with van der Waals surface area (Å²) in [4.78, 5) is 25.4. The Morgan fingerprint density at radius 3 is 2.52 bits per heavy atom. The van der Waals surface area contributed by atoms with Crippen LogP contribution in [0.25, 0.3) is 5.69 Å². The molecule has 1 aromatic carbocycles. The molecule has 6 heteroatoms. The quantitative estimate of drug-likeness (QED) is 0.902. The maximum atomic E-state index is 12.2. The lowest BCUT2D eigenvalue weighted by atomic mass is 9.96. The van der Waals surface area contributed by atoms with E-state index < -0.39 is 0 Å². The van der Waals surface area contributed by atoms with Crippen LogP contribution in [0.5, 0.6) is 0 Å². The van der Waals surface area contributed by atoms with Crippen LogP contribution in [-0.4, -0.2) is 46.1 Å². The first-order chi connectivity index (χ1) is 12.1. The molecule has 0 aliphatic carbocycles. The normalized spacial score (nSPS) is 15.2. The van der Waals surface area contributed by atoms with Gasteiger partial charge in [-0.15, -0.1) is 0 Å². The van der Waals surface area contributed by atoms with Crippen molar-refractivity contribution in [1.29, 1.82) is 0 Å². The smallest absolute Gasteiger partial charge is 0.223 e. The number of piperidine rings is 1. The first kappa shape index (κ1) is 17.2. The van der Waals surface area contributed by atoms with E-state index in [0.717, 1.165) is 24.9 Å². The first-order valence-corrected chi connectivity index (χ1v) is 8.75. The van der Waals surface area contributed by atoms with E-state index >= 15 is 0 Å². The third kappa shape index (κ3) is 4.47. The van der Waals surface area contributed by atoms with Gasteiger partial charge in [0.1, 0.15) is 0 Å². The number of nitrogens with one attached hydrogen (secondary N) is 1. The van der Waals surface area contributed by atoms with Crippen LogP contribution in [0.15, 0.2) is 42.7 Å². The maximum absolute atomic E-state index is 12.2. The zero-order valence-corrected chi connectivity index (χ0v) is 14.5. The first-order valence-electron chi connectivity index (χ1n) is 8.75. The lowest BCUT2D eigenvalue weighted by molar-refractivity contribution is -0.133. The van der Waals surface area contributed by atoms with Crippen molar-refractivity contribution < 1.29 is 9.59 Å². The molecule has 1 saturated heterocycles. The Morgan fingerprint density at radius 2 is 1.92 bits per heavy atom. The minimum absolute atomic E-state index is 0.0257. The number of benzene rings is 1. The molecule has 0 spiro atoms. The van der Waals surface area contributed by atoms with Crippen LogP contribution >= 0.6 is 0 Å². The van der Waals surface area contributed by atoms with E-state index in [1.54, 1.807) is 13.1 Å². The Morgan fingerprint density at radius 1 is 1.20 bits per heavy atom. The highest BCUT2D eigenvalue weighted by Gasteiger charge is 2.25. The van der Waals surface area contributed by atoms with Crippen LogP contribution in [0.2, 0.25) is 0 Å². The van der Waals surface area contributed by atoms with Crippen molar-refractivity contribution in [2.24, 2.45) is 5.92 Å². The highest BCUT2D eigenvalue weighted by molar-refractivity contribution is 5.79. The molecule has 0 atom stereocenters. The predicted molar refractivity (Wildman–Crippen MR) is 95.3 cm³/mol. The summed E-state index contributed by atoms with van der Waals surface area (Å²) in [5.74, 6) is 0.228. The molecule has 0 radical (unpaired) electrons. The van der Waals surface area contributed by atoms with Gasteiger partial charge in [0, 0.05) is 44.9 Å². The molecule has 0 unspecified atom stereocenters. The maximum Gasteiger partial charge on any atom is 0.223 e. The Balaban J connectivity index is 1.42. The molecule has 0 bridgehead atoms. The fourth-order valence-corrected chi connectivity index (χ4v) is 3.17. The van der Waals surface area contributed by atoms with Crippen molar-refractivity contribution in [2.75, 3.05) is 19.6 Å². The Kier molecular flexibility index (Phi) is 5.48. The van der Waals surface area contributed by atoms with E-state index in [9.17, 15) is 9.59 Å². The second-order valence-corrected chi connectivity index (χ2v) is 6.44. The molecule has 6 nitrogen and oxygen atoms in total. The van der Waals surface area contributed by atoms with E-state index in [1.807, 2.05) is 34.0 Å². The number of carbonyl (C=O) groups is 2. The molecule has 0 saturated carbocycles. The number of hydrogen-bond acceptors (Lipinski definition) is 3. The van der Waals surface area contributed by atoms with Crippen LogP contribution in [0.1, 0.15) is 25.3 Å². The van der Waals surface area contributed by atoms with Crippen LogP contribution in [0, 0.1) is 5.92 Å². The van der Waals surface area contributed by atoms with Gasteiger partial charge in [0.25, 0.3) is 0 Å². The molecule has 132 valence electrons. The van der Waals surface area contributed by atoms with Gasteiger partial charge in [0.05, 0.1) is 5.69 Å². The molecule has 2 heterocycles. The van der Waals surface area contributed by atoms with Crippen LogP contribution in [-0.2, 0) is 16.0 Å². The summed E-state index contributed by atoms with van der Waals surface area (Å²) in [7, 11) is 0. The van der Waals surface area contributed by atoms with Gasteiger partial charge < -0.3 is 10.2 Å². The molecule has 3 rings (SSSR count). The van der Waals surface area contributed by atoms with Crippen LogP contribution in [0.4, 0.5) is 0 Å². The van der Waals surface area contributed by atoms with E-state index in [2.05, 4.69) is 22.5 Å². The van der Waals surface area contributed by atoms with Gasteiger partial charge in [-0.2, -0.15) is 5.10 Å². The molecule has 1 aliphatic heterocycles. The number of rotatable bonds is 5. The number of likely N-dealkylation sites (tertiary alicyclic amines) is 1. The summed E-state index contributed by atoms with van der Waals surface area (Å²) >= 11 is 0. The van der Waals surface area contributed by atoms with Gasteiger partial charge in [0.15, 0.2) is 0 Å². The van der Waals surface area contributed by atoms with Gasteiger partial charge in [0.2, 0.25) is 11.8 Å². The summed E-state index contributed by atoms with van der Waals surface area (Å²) < 4.78 is 1.82. The van der Waals surface area contributed by atoms with Crippen molar-refractivity contribution in [3.63, 3.8) is 0 Å². The summed E-state index contributed by atoms with van der Waals surface area (Å²) in [6.45, 7) is 3.58. The standard InChI is InChI=1S/C19H24N4O2/c1-15(24)22-13-8-17(9-14-22)19(25)20-11-7-16-3-5-18(6-4-16)23-12-2-10-21-23/h2-6,10,12,17H,7-9,11,13-14H2,1H3,(H,20,25). The van der Waals surface area contributed by atoms with Crippen molar-refractivity contribution in [2.45, 2.75) is 26.2 Å². The van der Waals surface area contributed by atoms with Gasteiger partial charge in [-0.1, -0.05) is 12.1 Å². The number of amides is 2. The third-order valence-electron chi connectivity index (χ3n) is 4.73. The van der Waals surface area contributed by atoms with Crippen molar-refractivity contribution in [3.8, 4) is 5.69 Å². The molecule has 2 amide bonds. The van der Waals surface area contributed by atoms with Crippen molar-refractivity contribution >= 4 is 11.8 Å². The lowest BCUT2D eigenvalue weighted by Crippen LogP contribution is -2.42. The second kappa shape index (κ2) is 7.96. The van der Waals surface area contributed by atoms with E-state index in [-0.39, 0.29) is 17.7 Å². The molecule has 1 N–H and O–H groups in total. The Hall–Kier alpha value is -2.63. The van der Waals surface area contributed by atoms with Gasteiger partial charge >= 0.3 is 0 Å². The number of nitrogens with zero attached hydrogens (tertiary/aromatic N) is 3. The number of carbonyl (C=O) groups excluding carboxylic acids is 2. The molecule has 1 aromatic heterocycles. The SMILES string of the molecule is CC(=O)N1CCC(C(=O)NCCc2ccc(-n3cccn3)cc2)CC1. The minimum atomic E-state index is 0.0257. The van der Waals surface area contributed by atoms with E-state index in [1.165, 1.54) is 5.56 Å². The topological polar surface area (TPSA) is 67.2 Å². The summed E-state index contributed by atoms with van der Waals surface area (Å²) in [5.41, 5.74) is 2.21. The fourth-order valence-electron chi connectivity index (χ4n) is 3.17. The average Bonchev–Trinajstić information content (AvgIpc) is 3.17. The van der Waals surface area contributed by atoms with Crippen LogP contribution in [0.3, 0.4) is 0 Å². The Labute approximate surface area is 147 Å². The van der Waals surface area contributed by atoms with E-state index in [0.29, 0.717) is 19.6 Å². The van der Waals surface area contributed by atoms with Crippen molar-refractivity contribution in [1.82, 2.24) is 20.0 Å². The van der Waals surface area contributed by atoms with Gasteiger partial charge in [-0.25, -0.2) is 4.68 Å². The minimum Gasteiger partial charge on any atom is -0.356 e. The van der Waals surface area contributed by atoms with E-state index in [4.69, 9.17) is 0 Å². The van der Waals surface area contributed by atoms with Crippen molar-refractivity contribution in [3.05, 3.63) is 48.3 Å². The Bertz CT molecular complexity index is 702. The average molecular weight is 340 g/mol. The fraction of sp³-hybridized carbons (Fsp3) is 0.421. The zero-order valence-electron chi connectivity index (χ0n) is 14.5. The predicted octanol–water partition coefficient (Wildman–Crippen LogP) is 1.79. The zero-order chi connectivity index (χ0) is 17.6. The second-order valence-electron chi connectivity index (χ2n) is 6.44.